The van der Waals surface area contributed by atoms with Crippen molar-refractivity contribution in [2.75, 3.05) is 37.8 Å². The number of anilines is 1. The minimum Gasteiger partial charge on any atom is -0.393 e. The number of phosphoric acid groups is 3. The summed E-state index contributed by atoms with van der Waals surface area (Å²) in [6.45, 7) is 2.61. The molecule has 378 valence electrons. The number of fused-ring (bicyclic) bond motifs is 1. The van der Waals surface area contributed by atoms with Crippen LogP contribution in [-0.4, -0.2) is 134 Å². The molecule has 0 saturated carbocycles. The molecule has 2 aromatic heterocycles. The van der Waals surface area contributed by atoms with Crippen LogP contribution in [0.3, 0.4) is 0 Å². The van der Waals surface area contributed by atoms with Gasteiger partial charge in [-0.1, -0.05) is 103 Å². The Bertz CT molecular complexity index is 2000. The quantitative estimate of drug-likeness (QED) is 0.0362. The molecule has 1 aliphatic rings. The van der Waals surface area contributed by atoms with E-state index in [9.17, 15) is 63.0 Å². The molecule has 1 aliphatic heterocycles. The van der Waals surface area contributed by atoms with E-state index < -0.39 is 90.7 Å². The fourth-order valence-corrected chi connectivity index (χ4v) is 10.3. The Morgan fingerprint density at radius 3 is 2.17 bits per heavy atom. The average molecular weight is 1020 g/mol. The van der Waals surface area contributed by atoms with E-state index >= 15 is 0 Å². The van der Waals surface area contributed by atoms with Crippen molar-refractivity contribution >= 4 is 69.1 Å². The van der Waals surface area contributed by atoms with Crippen molar-refractivity contribution in [3.63, 3.8) is 0 Å². The van der Waals surface area contributed by atoms with Gasteiger partial charge in [0, 0.05) is 37.1 Å². The van der Waals surface area contributed by atoms with Crippen LogP contribution in [0, 0.1) is 5.41 Å². The first kappa shape index (κ1) is 57.8. The minimum absolute atomic E-state index is 0.0260. The predicted octanol–water partition coefficient (Wildman–Crippen LogP) is 3.12. The molecule has 2 unspecified atom stereocenters. The third kappa shape index (κ3) is 20.6. The van der Waals surface area contributed by atoms with Crippen LogP contribution >= 0.6 is 35.2 Å². The van der Waals surface area contributed by atoms with Gasteiger partial charge in [0.2, 0.25) is 11.8 Å². The van der Waals surface area contributed by atoms with Crippen molar-refractivity contribution in [1.82, 2.24) is 30.2 Å². The molecule has 8 atom stereocenters. The van der Waals surface area contributed by atoms with Crippen LogP contribution in [0.25, 0.3) is 11.2 Å². The van der Waals surface area contributed by atoms with Gasteiger partial charge < -0.3 is 56.0 Å². The van der Waals surface area contributed by atoms with E-state index in [4.69, 9.17) is 19.5 Å². The maximum atomic E-state index is 12.7. The van der Waals surface area contributed by atoms with Crippen molar-refractivity contribution in [1.29, 1.82) is 0 Å². The number of amides is 2. The van der Waals surface area contributed by atoms with Crippen LogP contribution in [0.2, 0.25) is 0 Å². The summed E-state index contributed by atoms with van der Waals surface area (Å²) in [5, 5.41) is 36.6. The highest BCUT2D eigenvalue weighted by Gasteiger charge is 2.50. The number of nitrogens with zero attached hydrogens (tertiary/aromatic N) is 4. The van der Waals surface area contributed by atoms with Crippen molar-refractivity contribution in [2.45, 2.75) is 147 Å². The van der Waals surface area contributed by atoms with Crippen LogP contribution in [-0.2, 0) is 50.7 Å². The fourth-order valence-electron chi connectivity index (χ4n) is 6.69. The molecule has 1 fully saturated rings. The lowest BCUT2D eigenvalue weighted by molar-refractivity contribution is -0.137. The monoisotopic (exact) mass is 1020 g/mol. The molecule has 3 rings (SSSR count). The number of nitrogens with one attached hydrogen (secondary N) is 2. The number of aliphatic hydroxyl groups is 3. The van der Waals surface area contributed by atoms with Crippen molar-refractivity contribution in [2.24, 2.45) is 5.41 Å². The molecule has 0 spiro atoms. The molecule has 2 amide bonds. The predicted molar refractivity (Wildman–Crippen MR) is 239 cm³/mol. The SMILES string of the molecule is CCCCCCCCCCCCC[C@@H](O)CC(=O)SCCNC(=O)CCNC(=O)[C@H](O)C(C)(C)COP(=O)(O)OP(=O)(O)OC[C@H]1O[C@@H](n2cnc3c(N)ncnc32)[C@H](O)[C@@H]1OP(=O)(O)O. The summed E-state index contributed by atoms with van der Waals surface area (Å²) in [4.78, 5) is 88.3. The second-order valence-corrected chi connectivity index (χ2v) is 21.9. The van der Waals surface area contributed by atoms with Gasteiger partial charge in [-0.3, -0.25) is 32.5 Å². The summed E-state index contributed by atoms with van der Waals surface area (Å²) < 4.78 is 62.4. The average Bonchev–Trinajstić information content (AvgIpc) is 3.79. The summed E-state index contributed by atoms with van der Waals surface area (Å²) in [6.07, 6.45) is 6.04. The lowest BCUT2D eigenvalue weighted by atomic mass is 9.87. The van der Waals surface area contributed by atoms with E-state index in [0.717, 1.165) is 48.2 Å². The molecule has 0 aromatic carbocycles. The van der Waals surface area contributed by atoms with Gasteiger partial charge in [0.1, 0.15) is 36.3 Å². The molecule has 29 heteroatoms. The Hall–Kier alpha value is -2.48. The standard InChI is InChI=1S/C37H66N7O18P3S/c1-4-5-6-7-8-9-10-11-12-13-14-15-25(45)20-28(47)66-19-18-39-27(46)16-17-40-35(50)32(49)37(2,3)22-59-65(56,57)62-64(54,55)58-21-26-31(61-63(51,52)53)30(48)36(60-26)44-24-43-29-33(38)41-23-42-34(29)44/h23-26,30-32,36,45,48-49H,4-22H2,1-3H3,(H,39,46)(H,40,50)(H,54,55)(H,56,57)(H2,38,41,42)(H2,51,52,53)/t25-,26-,30-,31-,32+,36-/m1/s1. The molecular formula is C37H66N7O18P3S. The molecule has 3 heterocycles. The summed E-state index contributed by atoms with van der Waals surface area (Å²) in [5.74, 6) is -1.22. The number of unbranched alkanes of at least 4 members (excludes halogenated alkanes) is 10. The molecule has 11 N–H and O–H groups in total. The smallest absolute Gasteiger partial charge is 0.393 e. The van der Waals surface area contributed by atoms with Crippen LogP contribution in [0.1, 0.15) is 117 Å². The van der Waals surface area contributed by atoms with Gasteiger partial charge in [0.25, 0.3) is 0 Å². The Morgan fingerprint density at radius 1 is 0.909 bits per heavy atom. The molecule has 66 heavy (non-hydrogen) atoms. The first-order chi connectivity index (χ1) is 30.9. The topological polar surface area (TPSA) is 384 Å². The van der Waals surface area contributed by atoms with Crippen LogP contribution < -0.4 is 16.4 Å². The second-order valence-electron chi connectivity index (χ2n) is 16.5. The Morgan fingerprint density at radius 2 is 1.53 bits per heavy atom. The lowest BCUT2D eigenvalue weighted by Crippen LogP contribution is -2.46. The zero-order valence-electron chi connectivity index (χ0n) is 37.3. The highest BCUT2D eigenvalue weighted by atomic mass is 32.2. The van der Waals surface area contributed by atoms with E-state index in [1.807, 2.05) is 0 Å². The number of nitrogens with two attached hydrogens (primary N) is 1. The van der Waals surface area contributed by atoms with Gasteiger partial charge in [0.05, 0.1) is 25.6 Å². The Labute approximate surface area is 387 Å². The van der Waals surface area contributed by atoms with Crippen molar-refractivity contribution in [3.05, 3.63) is 12.7 Å². The summed E-state index contributed by atoms with van der Waals surface area (Å²) in [5.41, 5.74) is 4.25. The van der Waals surface area contributed by atoms with Crippen molar-refractivity contribution in [3.8, 4) is 0 Å². The lowest BCUT2D eigenvalue weighted by Gasteiger charge is -2.30. The van der Waals surface area contributed by atoms with Gasteiger partial charge in [-0.2, -0.15) is 4.31 Å². The van der Waals surface area contributed by atoms with E-state index in [0.29, 0.717) is 6.42 Å². The molecule has 0 bridgehead atoms. The number of carbonyl (C=O) groups excluding carboxylic acids is 3. The number of aliphatic hydroxyl groups excluding tert-OH is 3. The number of nitrogen functional groups attached to an aromatic ring is 1. The number of thioether (sulfide) groups is 1. The molecule has 0 radical (unpaired) electrons. The number of aromatic nitrogens is 4. The molecule has 0 aliphatic carbocycles. The van der Waals surface area contributed by atoms with Gasteiger partial charge in [-0.25, -0.2) is 28.6 Å². The zero-order chi connectivity index (χ0) is 49.1. The third-order valence-electron chi connectivity index (χ3n) is 10.3. The van der Waals surface area contributed by atoms with Crippen LogP contribution in [0.5, 0.6) is 0 Å². The highest BCUT2D eigenvalue weighted by molar-refractivity contribution is 8.13. The molecule has 25 nitrogen and oxygen atoms in total. The summed E-state index contributed by atoms with van der Waals surface area (Å²) >= 11 is 0.998. The Kier molecular flexibility index (Phi) is 24.2. The maximum absolute atomic E-state index is 12.7. The second kappa shape index (κ2) is 27.6. The first-order valence-corrected chi connectivity index (χ1v) is 27.2. The summed E-state index contributed by atoms with van der Waals surface area (Å²) in [6, 6.07) is 0. The number of imidazole rings is 1. The number of carbonyl (C=O) groups is 3. The normalized spacial score (nSPS) is 20.7. The van der Waals surface area contributed by atoms with Crippen molar-refractivity contribution < 1.29 is 85.6 Å². The molecule has 2 aromatic rings. The minimum atomic E-state index is -5.58. The van der Waals surface area contributed by atoms with E-state index in [1.165, 1.54) is 65.2 Å². The van der Waals surface area contributed by atoms with E-state index in [2.05, 4.69) is 41.3 Å². The maximum Gasteiger partial charge on any atom is 0.481 e. The third-order valence-corrected chi connectivity index (χ3v) is 14.3. The number of phosphoric ester groups is 3. The zero-order valence-corrected chi connectivity index (χ0v) is 40.8. The number of hydrogen-bond donors (Lipinski definition) is 10. The van der Waals surface area contributed by atoms with Gasteiger partial charge >= 0.3 is 23.5 Å². The molecular weight excluding hydrogens is 955 g/mol. The fraction of sp³-hybridized carbons (Fsp3) is 0.784. The van der Waals surface area contributed by atoms with Gasteiger partial charge in [0.15, 0.2) is 22.8 Å². The molecule has 1 saturated heterocycles. The van der Waals surface area contributed by atoms with E-state index in [-0.39, 0.29) is 53.8 Å². The van der Waals surface area contributed by atoms with Crippen LogP contribution in [0.15, 0.2) is 12.7 Å². The largest absolute Gasteiger partial charge is 0.481 e. The number of ether oxygens (including phenoxy) is 1. The van der Waals surface area contributed by atoms with Crippen LogP contribution in [0.4, 0.5) is 5.82 Å². The summed E-state index contributed by atoms with van der Waals surface area (Å²) in [7, 11) is -16.4. The highest BCUT2D eigenvalue weighted by Crippen LogP contribution is 2.61. The van der Waals surface area contributed by atoms with Gasteiger partial charge in [-0.05, 0) is 6.42 Å². The van der Waals surface area contributed by atoms with Gasteiger partial charge in [-0.15, -0.1) is 0 Å². The van der Waals surface area contributed by atoms with E-state index in [1.54, 1.807) is 0 Å². The Balaban J connectivity index is 1.33. The first-order valence-electron chi connectivity index (χ1n) is 21.7. The number of hydrogen-bond acceptors (Lipinski definition) is 19. The number of rotatable bonds is 33.